The van der Waals surface area contributed by atoms with E-state index in [4.69, 9.17) is 4.42 Å². The van der Waals surface area contributed by atoms with Crippen LogP contribution in [0.15, 0.2) is 57.8 Å². The van der Waals surface area contributed by atoms with E-state index in [-0.39, 0.29) is 17.9 Å². The van der Waals surface area contributed by atoms with Crippen LogP contribution >= 0.6 is 0 Å². The molecule has 5 rings (SSSR count). The van der Waals surface area contributed by atoms with Gasteiger partial charge in [-0.1, -0.05) is 24.3 Å². The minimum atomic E-state index is -3.54. The quantitative estimate of drug-likeness (QED) is 0.596. The van der Waals surface area contributed by atoms with Gasteiger partial charge in [-0.25, -0.2) is 8.42 Å². The Labute approximate surface area is 195 Å². The lowest BCUT2D eigenvalue weighted by Crippen LogP contribution is -2.43. The molecule has 2 heterocycles. The summed E-state index contributed by atoms with van der Waals surface area (Å²) in [5.74, 6) is 0.470. The predicted octanol–water partition coefficient (Wildman–Crippen LogP) is 4.59. The van der Waals surface area contributed by atoms with Gasteiger partial charge in [-0.05, 0) is 80.8 Å². The van der Waals surface area contributed by atoms with E-state index >= 15 is 0 Å². The summed E-state index contributed by atoms with van der Waals surface area (Å²) in [5.41, 5.74) is 3.24. The fraction of sp³-hybridized carbons (Fsp3) is 0.423. The molecule has 6 nitrogen and oxygen atoms in total. The lowest BCUT2D eigenvalue weighted by molar-refractivity contribution is -0.126. The molecule has 2 aliphatic rings. The Morgan fingerprint density at radius 3 is 2.52 bits per heavy atom. The SMILES string of the molecule is CC(NC(=O)C1CCN(S(=O)(=O)c2ccc3c(c2)CCCC3)CC1)c1cc2ccccc2o1. The van der Waals surface area contributed by atoms with Crippen LogP contribution in [0.2, 0.25) is 0 Å². The Morgan fingerprint density at radius 2 is 1.76 bits per heavy atom. The zero-order chi connectivity index (χ0) is 23.0. The standard InChI is InChI=1S/C26H30N2O4S/c1-18(25-17-22-8-4-5-9-24(22)32-25)27-26(29)20-12-14-28(15-13-20)33(30,31)23-11-10-19-6-2-3-7-21(19)16-23/h4-5,8-11,16-18,20H,2-3,6-7,12-15H2,1H3,(H,27,29). The summed E-state index contributed by atoms with van der Waals surface area (Å²) >= 11 is 0. The number of fused-ring (bicyclic) bond motifs is 2. The molecule has 1 fully saturated rings. The van der Waals surface area contributed by atoms with Crippen molar-refractivity contribution < 1.29 is 17.6 Å². The first-order chi connectivity index (χ1) is 15.9. The molecule has 7 heteroatoms. The lowest BCUT2D eigenvalue weighted by Gasteiger charge is -2.31. The van der Waals surface area contributed by atoms with Crippen molar-refractivity contribution in [3.05, 3.63) is 65.4 Å². The third-order valence-corrected chi connectivity index (χ3v) is 8.91. The van der Waals surface area contributed by atoms with Crippen molar-refractivity contribution in [2.75, 3.05) is 13.1 Å². The zero-order valence-corrected chi connectivity index (χ0v) is 19.7. The number of furan rings is 1. The number of sulfonamides is 1. The molecule has 0 radical (unpaired) electrons. The number of benzene rings is 2. The van der Waals surface area contributed by atoms with Crippen LogP contribution in [-0.4, -0.2) is 31.7 Å². The van der Waals surface area contributed by atoms with Crippen LogP contribution in [0.5, 0.6) is 0 Å². The van der Waals surface area contributed by atoms with Crippen LogP contribution in [-0.2, 0) is 27.7 Å². The van der Waals surface area contributed by atoms with E-state index in [0.29, 0.717) is 30.8 Å². The highest BCUT2D eigenvalue weighted by Crippen LogP contribution is 2.29. The molecule has 33 heavy (non-hydrogen) atoms. The molecule has 2 aromatic carbocycles. The first-order valence-electron chi connectivity index (χ1n) is 11.8. The Balaban J connectivity index is 1.20. The number of nitrogens with one attached hydrogen (secondary N) is 1. The van der Waals surface area contributed by atoms with Gasteiger partial charge < -0.3 is 9.73 Å². The molecule has 174 valence electrons. The molecule has 3 aromatic rings. The van der Waals surface area contributed by atoms with Crippen LogP contribution in [0.3, 0.4) is 0 Å². The maximum Gasteiger partial charge on any atom is 0.243 e. The van der Waals surface area contributed by atoms with Gasteiger partial charge in [0, 0.05) is 24.4 Å². The van der Waals surface area contributed by atoms with Crippen LogP contribution in [0.25, 0.3) is 11.0 Å². The van der Waals surface area contributed by atoms with Crippen LogP contribution in [0, 0.1) is 5.92 Å². The number of nitrogens with zero attached hydrogens (tertiary/aromatic N) is 1. The van der Waals surface area contributed by atoms with Crippen molar-refractivity contribution >= 4 is 26.9 Å². The molecule has 1 amide bonds. The first-order valence-corrected chi connectivity index (χ1v) is 13.3. The number of piperidine rings is 1. The molecule has 0 saturated carbocycles. The number of aryl methyl sites for hydroxylation is 2. The highest BCUT2D eigenvalue weighted by Gasteiger charge is 2.33. The first kappa shape index (κ1) is 22.2. The van der Waals surface area contributed by atoms with E-state index in [1.54, 1.807) is 6.07 Å². The monoisotopic (exact) mass is 466 g/mol. The second kappa shape index (κ2) is 8.95. The van der Waals surface area contributed by atoms with Crippen molar-refractivity contribution in [2.24, 2.45) is 5.92 Å². The van der Waals surface area contributed by atoms with Gasteiger partial charge in [0.25, 0.3) is 0 Å². The highest BCUT2D eigenvalue weighted by atomic mass is 32.2. The van der Waals surface area contributed by atoms with Gasteiger partial charge in [-0.3, -0.25) is 4.79 Å². The van der Waals surface area contributed by atoms with Crippen molar-refractivity contribution in [3.8, 4) is 0 Å². The van der Waals surface area contributed by atoms with Gasteiger partial charge in [-0.15, -0.1) is 0 Å². The van der Waals surface area contributed by atoms with Crippen LogP contribution in [0.1, 0.15) is 55.5 Å². The van der Waals surface area contributed by atoms with E-state index in [9.17, 15) is 13.2 Å². The molecule has 1 N–H and O–H groups in total. The van der Waals surface area contributed by atoms with Gasteiger partial charge in [0.1, 0.15) is 11.3 Å². The average molecular weight is 467 g/mol. The number of carbonyl (C=O) groups excluding carboxylic acids is 1. The third-order valence-electron chi connectivity index (χ3n) is 7.01. The van der Waals surface area contributed by atoms with E-state index in [2.05, 4.69) is 5.32 Å². The summed E-state index contributed by atoms with van der Waals surface area (Å²) in [6.45, 7) is 2.62. The minimum absolute atomic E-state index is 0.0474. The number of amides is 1. The number of para-hydroxylation sites is 1. The number of rotatable bonds is 5. The summed E-state index contributed by atoms with van der Waals surface area (Å²) in [6.07, 6.45) is 5.30. The molecule has 1 unspecified atom stereocenters. The fourth-order valence-corrected chi connectivity index (χ4v) is 6.52. The summed E-state index contributed by atoms with van der Waals surface area (Å²) in [7, 11) is -3.54. The maximum atomic E-state index is 13.2. The highest BCUT2D eigenvalue weighted by molar-refractivity contribution is 7.89. The molecule has 1 aromatic heterocycles. The molecule has 1 atom stereocenters. The zero-order valence-electron chi connectivity index (χ0n) is 18.9. The van der Waals surface area contributed by atoms with Crippen molar-refractivity contribution in [3.63, 3.8) is 0 Å². The Kier molecular flexibility index (Phi) is 6.01. The fourth-order valence-electron chi connectivity index (χ4n) is 5.00. The molecular weight excluding hydrogens is 436 g/mol. The Hall–Kier alpha value is -2.64. The normalized spacial score (nSPS) is 18.7. The number of hydrogen-bond acceptors (Lipinski definition) is 4. The van der Waals surface area contributed by atoms with Gasteiger partial charge >= 0.3 is 0 Å². The van der Waals surface area contributed by atoms with E-state index in [0.717, 1.165) is 41.6 Å². The van der Waals surface area contributed by atoms with Gasteiger partial charge in [0.2, 0.25) is 15.9 Å². The summed E-state index contributed by atoms with van der Waals surface area (Å²) in [4.78, 5) is 13.2. The minimum Gasteiger partial charge on any atom is -0.459 e. The molecule has 0 bridgehead atoms. The lowest BCUT2D eigenvalue weighted by atomic mass is 9.92. The summed E-state index contributed by atoms with van der Waals surface area (Å²) in [6, 6.07) is 15.0. The second-order valence-electron chi connectivity index (χ2n) is 9.23. The van der Waals surface area contributed by atoms with E-state index in [1.165, 1.54) is 16.3 Å². The molecular formula is C26H30N2O4S. The van der Waals surface area contributed by atoms with Crippen LogP contribution in [0.4, 0.5) is 0 Å². The Morgan fingerprint density at radius 1 is 1.03 bits per heavy atom. The molecule has 1 aliphatic heterocycles. The van der Waals surface area contributed by atoms with Crippen LogP contribution < -0.4 is 5.32 Å². The number of hydrogen-bond donors (Lipinski definition) is 1. The molecule has 1 saturated heterocycles. The smallest absolute Gasteiger partial charge is 0.243 e. The average Bonchev–Trinajstić information content (AvgIpc) is 3.28. The summed E-state index contributed by atoms with van der Waals surface area (Å²) < 4.78 is 33.8. The third kappa shape index (κ3) is 4.44. The summed E-state index contributed by atoms with van der Waals surface area (Å²) in [5, 5.41) is 4.05. The Bertz CT molecular complexity index is 1240. The predicted molar refractivity (Wildman–Crippen MR) is 127 cm³/mol. The second-order valence-corrected chi connectivity index (χ2v) is 11.2. The van der Waals surface area contributed by atoms with E-state index in [1.807, 2.05) is 49.4 Å². The van der Waals surface area contributed by atoms with E-state index < -0.39 is 10.0 Å². The van der Waals surface area contributed by atoms with Crippen molar-refractivity contribution in [1.82, 2.24) is 9.62 Å². The maximum absolute atomic E-state index is 13.2. The largest absolute Gasteiger partial charge is 0.459 e. The molecule has 0 spiro atoms. The van der Waals surface area contributed by atoms with Gasteiger partial charge in [-0.2, -0.15) is 4.31 Å². The van der Waals surface area contributed by atoms with Crippen molar-refractivity contribution in [2.45, 2.75) is 56.4 Å². The topological polar surface area (TPSA) is 79.6 Å². The van der Waals surface area contributed by atoms with Crippen molar-refractivity contribution in [1.29, 1.82) is 0 Å². The molecule has 1 aliphatic carbocycles. The van der Waals surface area contributed by atoms with Gasteiger partial charge in [0.05, 0.1) is 10.9 Å². The number of carbonyl (C=O) groups is 1. The van der Waals surface area contributed by atoms with Gasteiger partial charge in [0.15, 0.2) is 0 Å².